The van der Waals surface area contributed by atoms with Gasteiger partial charge in [0.1, 0.15) is 5.82 Å². The summed E-state index contributed by atoms with van der Waals surface area (Å²) in [4.78, 5) is 11.7. The summed E-state index contributed by atoms with van der Waals surface area (Å²) in [6.07, 6.45) is 1.51. The second kappa shape index (κ2) is 5.49. The van der Waals surface area contributed by atoms with Crippen LogP contribution in [0.4, 0.5) is 4.39 Å². The number of aryl methyl sites for hydroxylation is 1. The molecule has 2 nitrogen and oxygen atoms in total. The van der Waals surface area contributed by atoms with Crippen molar-refractivity contribution >= 4 is 5.91 Å². The van der Waals surface area contributed by atoms with Crippen LogP contribution in [0.1, 0.15) is 36.2 Å². The van der Waals surface area contributed by atoms with Crippen molar-refractivity contribution in [1.82, 2.24) is 5.32 Å². The quantitative estimate of drug-likeness (QED) is 0.811. The Balaban J connectivity index is 2.95. The Bertz CT molecular complexity index is 349. The molecular formula is C12H16FNO. The maximum Gasteiger partial charge on any atom is 0.254 e. The van der Waals surface area contributed by atoms with Gasteiger partial charge < -0.3 is 5.32 Å². The second-order valence-electron chi connectivity index (χ2n) is 3.38. The van der Waals surface area contributed by atoms with Gasteiger partial charge in [-0.1, -0.05) is 26.0 Å². The zero-order chi connectivity index (χ0) is 11.3. The summed E-state index contributed by atoms with van der Waals surface area (Å²) in [7, 11) is 0. The maximum atomic E-state index is 13.5. The number of amides is 1. The van der Waals surface area contributed by atoms with Crippen molar-refractivity contribution in [2.24, 2.45) is 0 Å². The normalized spacial score (nSPS) is 10.1. The number of rotatable bonds is 4. The zero-order valence-corrected chi connectivity index (χ0v) is 9.14. The molecule has 0 aromatic heterocycles. The molecule has 3 heteroatoms. The Morgan fingerprint density at radius 3 is 2.73 bits per heavy atom. The third kappa shape index (κ3) is 2.78. The van der Waals surface area contributed by atoms with E-state index in [1.165, 1.54) is 6.07 Å². The van der Waals surface area contributed by atoms with Crippen molar-refractivity contribution in [3.63, 3.8) is 0 Å². The molecule has 0 heterocycles. The summed E-state index contributed by atoms with van der Waals surface area (Å²) < 4.78 is 13.5. The summed E-state index contributed by atoms with van der Waals surface area (Å²) >= 11 is 0. The third-order valence-corrected chi connectivity index (χ3v) is 2.24. The van der Waals surface area contributed by atoms with Crippen LogP contribution in [-0.4, -0.2) is 12.5 Å². The van der Waals surface area contributed by atoms with Gasteiger partial charge in [0, 0.05) is 6.54 Å². The van der Waals surface area contributed by atoms with Gasteiger partial charge >= 0.3 is 0 Å². The first-order valence-electron chi connectivity index (χ1n) is 5.26. The van der Waals surface area contributed by atoms with E-state index < -0.39 is 5.82 Å². The fourth-order valence-electron chi connectivity index (χ4n) is 1.44. The lowest BCUT2D eigenvalue weighted by atomic mass is 10.0. The van der Waals surface area contributed by atoms with Crippen LogP contribution in [0.5, 0.6) is 0 Å². The minimum atomic E-state index is -0.442. The van der Waals surface area contributed by atoms with Gasteiger partial charge in [-0.25, -0.2) is 4.39 Å². The first-order chi connectivity index (χ1) is 7.20. The van der Waals surface area contributed by atoms with Gasteiger partial charge in [0.2, 0.25) is 0 Å². The molecule has 0 saturated heterocycles. The van der Waals surface area contributed by atoms with Crippen LogP contribution in [0.2, 0.25) is 0 Å². The second-order valence-corrected chi connectivity index (χ2v) is 3.38. The lowest BCUT2D eigenvalue weighted by Crippen LogP contribution is -2.26. The molecular weight excluding hydrogens is 193 g/mol. The Morgan fingerprint density at radius 2 is 2.13 bits per heavy atom. The Kier molecular flexibility index (Phi) is 4.28. The molecule has 0 saturated carbocycles. The monoisotopic (exact) mass is 209 g/mol. The first-order valence-corrected chi connectivity index (χ1v) is 5.26. The molecule has 0 spiro atoms. The number of carbonyl (C=O) groups excluding carboxylic acids is 1. The molecule has 15 heavy (non-hydrogen) atoms. The highest BCUT2D eigenvalue weighted by Gasteiger charge is 2.14. The highest BCUT2D eigenvalue weighted by Crippen LogP contribution is 2.14. The first kappa shape index (κ1) is 11.7. The van der Waals surface area contributed by atoms with E-state index in [4.69, 9.17) is 0 Å². The zero-order valence-electron chi connectivity index (χ0n) is 9.14. The average Bonchev–Trinajstić information content (AvgIpc) is 2.25. The third-order valence-electron chi connectivity index (χ3n) is 2.24. The van der Waals surface area contributed by atoms with Crippen LogP contribution < -0.4 is 5.32 Å². The number of hydrogen-bond acceptors (Lipinski definition) is 1. The number of carbonyl (C=O) groups is 1. The summed E-state index contributed by atoms with van der Waals surface area (Å²) in [5.41, 5.74) is 0.942. The minimum Gasteiger partial charge on any atom is -0.352 e. The van der Waals surface area contributed by atoms with Crippen LogP contribution in [-0.2, 0) is 6.42 Å². The molecule has 1 amide bonds. The smallest absolute Gasteiger partial charge is 0.254 e. The molecule has 0 bridgehead atoms. The highest BCUT2D eigenvalue weighted by atomic mass is 19.1. The molecule has 1 aromatic rings. The summed E-state index contributed by atoms with van der Waals surface area (Å²) in [5, 5.41) is 2.69. The molecule has 0 aliphatic rings. The van der Waals surface area contributed by atoms with Crippen molar-refractivity contribution in [2.45, 2.75) is 26.7 Å². The van der Waals surface area contributed by atoms with Crippen LogP contribution in [0, 0.1) is 5.82 Å². The predicted molar refractivity (Wildman–Crippen MR) is 58.4 cm³/mol. The fourth-order valence-corrected chi connectivity index (χ4v) is 1.44. The molecule has 0 atom stereocenters. The molecule has 0 radical (unpaired) electrons. The van der Waals surface area contributed by atoms with Crippen LogP contribution in [0.15, 0.2) is 18.2 Å². The summed E-state index contributed by atoms with van der Waals surface area (Å²) in [5.74, 6) is -0.755. The Hall–Kier alpha value is -1.38. The number of halogens is 1. The lowest BCUT2D eigenvalue weighted by Gasteiger charge is -2.08. The highest BCUT2D eigenvalue weighted by molar-refractivity contribution is 5.95. The topological polar surface area (TPSA) is 29.1 Å². The van der Waals surface area contributed by atoms with Crippen molar-refractivity contribution in [2.75, 3.05) is 6.54 Å². The van der Waals surface area contributed by atoms with E-state index in [0.717, 1.165) is 12.0 Å². The van der Waals surface area contributed by atoms with Crippen molar-refractivity contribution in [3.8, 4) is 0 Å². The van der Waals surface area contributed by atoms with Gasteiger partial charge in [0.25, 0.3) is 5.91 Å². The van der Waals surface area contributed by atoms with Crippen LogP contribution >= 0.6 is 0 Å². The van der Waals surface area contributed by atoms with E-state index in [1.54, 1.807) is 12.1 Å². The van der Waals surface area contributed by atoms with Gasteiger partial charge in [-0.3, -0.25) is 4.79 Å². The van der Waals surface area contributed by atoms with E-state index >= 15 is 0 Å². The number of hydrogen-bond donors (Lipinski definition) is 1. The lowest BCUT2D eigenvalue weighted by molar-refractivity contribution is 0.0948. The van der Waals surface area contributed by atoms with E-state index in [1.807, 2.05) is 13.8 Å². The van der Waals surface area contributed by atoms with Gasteiger partial charge in [0.05, 0.1) is 5.56 Å². The molecule has 1 rings (SSSR count). The number of nitrogens with one attached hydrogen (secondary N) is 1. The largest absolute Gasteiger partial charge is 0.352 e. The predicted octanol–water partition coefficient (Wildman–Crippen LogP) is 2.53. The van der Waals surface area contributed by atoms with Gasteiger partial charge in [-0.05, 0) is 24.5 Å². The maximum absolute atomic E-state index is 13.5. The van der Waals surface area contributed by atoms with E-state index in [0.29, 0.717) is 13.0 Å². The van der Waals surface area contributed by atoms with Crippen molar-refractivity contribution < 1.29 is 9.18 Å². The SMILES string of the molecule is CCCNC(=O)c1c(F)cccc1CC. The molecule has 82 valence electrons. The Morgan fingerprint density at radius 1 is 1.40 bits per heavy atom. The molecule has 0 fully saturated rings. The van der Waals surface area contributed by atoms with Crippen LogP contribution in [0.25, 0.3) is 0 Å². The minimum absolute atomic E-state index is 0.188. The van der Waals surface area contributed by atoms with E-state index in [9.17, 15) is 9.18 Å². The summed E-state index contributed by atoms with van der Waals surface area (Å²) in [6, 6.07) is 4.73. The molecule has 0 unspecified atom stereocenters. The summed E-state index contributed by atoms with van der Waals surface area (Å²) in [6.45, 7) is 4.45. The molecule has 0 aliphatic carbocycles. The van der Waals surface area contributed by atoms with Crippen molar-refractivity contribution in [3.05, 3.63) is 35.1 Å². The molecule has 1 aromatic carbocycles. The standard InChI is InChI=1S/C12H16FNO/c1-3-8-14-12(15)11-9(4-2)6-5-7-10(11)13/h5-7H,3-4,8H2,1-2H3,(H,14,15). The average molecular weight is 209 g/mol. The molecule has 0 aliphatic heterocycles. The van der Waals surface area contributed by atoms with Crippen LogP contribution in [0.3, 0.4) is 0 Å². The van der Waals surface area contributed by atoms with E-state index in [-0.39, 0.29) is 11.5 Å². The van der Waals surface area contributed by atoms with Crippen molar-refractivity contribution in [1.29, 1.82) is 0 Å². The van der Waals surface area contributed by atoms with Gasteiger partial charge in [-0.2, -0.15) is 0 Å². The molecule has 1 N–H and O–H groups in total. The Labute approximate surface area is 89.5 Å². The van der Waals surface area contributed by atoms with Gasteiger partial charge in [-0.15, -0.1) is 0 Å². The van der Waals surface area contributed by atoms with E-state index in [2.05, 4.69) is 5.32 Å². The number of benzene rings is 1. The van der Waals surface area contributed by atoms with Gasteiger partial charge in [0.15, 0.2) is 0 Å². The fraction of sp³-hybridized carbons (Fsp3) is 0.417.